The van der Waals surface area contributed by atoms with Crippen LogP contribution >= 0.6 is 0 Å². The number of rotatable bonds is 1. The molecule has 21 heavy (non-hydrogen) atoms. The maximum atomic E-state index is 11.4. The first-order chi connectivity index (χ1) is 9.94. The molecule has 2 rings (SSSR count). The summed E-state index contributed by atoms with van der Waals surface area (Å²) in [4.78, 5) is 11.4. The maximum absolute atomic E-state index is 11.4. The van der Waals surface area contributed by atoms with Crippen LogP contribution in [-0.4, -0.2) is 31.5 Å². The highest BCUT2D eigenvalue weighted by Gasteiger charge is 2.15. The van der Waals surface area contributed by atoms with Gasteiger partial charge >= 0.3 is 6.09 Å². The van der Waals surface area contributed by atoms with E-state index in [1.807, 2.05) is 39.0 Å². The fourth-order valence-electron chi connectivity index (χ4n) is 1.70. The Morgan fingerprint density at radius 2 is 2.00 bits per heavy atom. The number of ether oxygens (including phenoxy) is 3. The molecule has 0 saturated heterocycles. The van der Waals surface area contributed by atoms with E-state index in [4.69, 9.17) is 14.2 Å². The summed E-state index contributed by atoms with van der Waals surface area (Å²) in [6, 6.07) is 5.52. The zero-order valence-electron chi connectivity index (χ0n) is 12.5. The second-order valence-electron chi connectivity index (χ2n) is 5.52. The van der Waals surface area contributed by atoms with E-state index in [1.54, 1.807) is 0 Å². The molecule has 0 saturated carbocycles. The summed E-state index contributed by atoms with van der Waals surface area (Å²) in [7, 11) is 0. The fourth-order valence-corrected chi connectivity index (χ4v) is 1.70. The quantitative estimate of drug-likeness (QED) is 0.806. The molecule has 0 aliphatic carbocycles. The number of hydrogen-bond acceptors (Lipinski definition) is 4. The first kappa shape index (κ1) is 15.0. The standard InChI is InChI=1S/C16H19NO4/c1-16(2,3)21-15(18)17-8-4-5-12-6-7-13-14(11-12)20-10-9-19-13/h6-7,11H,8-10H2,1-3H3,(H,17,18). The highest BCUT2D eigenvalue weighted by Crippen LogP contribution is 2.30. The maximum Gasteiger partial charge on any atom is 0.408 e. The van der Waals surface area contributed by atoms with Gasteiger partial charge in [-0.2, -0.15) is 0 Å². The molecule has 5 nitrogen and oxygen atoms in total. The van der Waals surface area contributed by atoms with E-state index in [-0.39, 0.29) is 6.54 Å². The average molecular weight is 289 g/mol. The Kier molecular flexibility index (Phi) is 4.59. The Morgan fingerprint density at radius 1 is 1.29 bits per heavy atom. The number of fused-ring (bicyclic) bond motifs is 1. The second-order valence-corrected chi connectivity index (χ2v) is 5.52. The van der Waals surface area contributed by atoms with Crippen LogP contribution in [0.1, 0.15) is 26.3 Å². The van der Waals surface area contributed by atoms with Gasteiger partial charge in [-0.15, -0.1) is 0 Å². The van der Waals surface area contributed by atoms with Crippen LogP contribution in [-0.2, 0) is 4.74 Å². The zero-order chi connectivity index (χ0) is 15.3. The van der Waals surface area contributed by atoms with Gasteiger partial charge in [-0.1, -0.05) is 11.8 Å². The number of carbonyl (C=O) groups is 1. The van der Waals surface area contributed by atoms with Crippen LogP contribution in [0.25, 0.3) is 0 Å². The number of nitrogens with one attached hydrogen (secondary N) is 1. The lowest BCUT2D eigenvalue weighted by Crippen LogP contribution is -2.32. The Labute approximate surface area is 124 Å². The van der Waals surface area contributed by atoms with Crippen LogP contribution in [0.3, 0.4) is 0 Å². The van der Waals surface area contributed by atoms with E-state index in [0.29, 0.717) is 19.0 Å². The summed E-state index contributed by atoms with van der Waals surface area (Å²) >= 11 is 0. The summed E-state index contributed by atoms with van der Waals surface area (Å²) in [5.41, 5.74) is 0.304. The predicted octanol–water partition coefficient (Wildman–Crippen LogP) is 2.33. The van der Waals surface area contributed by atoms with E-state index in [2.05, 4.69) is 17.2 Å². The molecule has 112 valence electrons. The number of hydrogen-bond donors (Lipinski definition) is 1. The van der Waals surface area contributed by atoms with Crippen LogP contribution < -0.4 is 14.8 Å². The van der Waals surface area contributed by atoms with E-state index >= 15 is 0 Å². The van der Waals surface area contributed by atoms with Crippen LogP contribution in [0.4, 0.5) is 4.79 Å². The molecule has 1 aliphatic rings. The van der Waals surface area contributed by atoms with Crippen LogP contribution in [0.15, 0.2) is 18.2 Å². The third kappa shape index (κ3) is 4.92. The molecule has 0 spiro atoms. The monoisotopic (exact) mass is 289 g/mol. The number of benzene rings is 1. The van der Waals surface area contributed by atoms with Crippen molar-refractivity contribution in [1.29, 1.82) is 0 Å². The fraction of sp³-hybridized carbons (Fsp3) is 0.438. The molecule has 0 unspecified atom stereocenters. The molecule has 5 heteroatoms. The summed E-state index contributed by atoms with van der Waals surface area (Å²) < 4.78 is 16.0. The number of alkyl carbamates (subject to hydrolysis) is 1. The van der Waals surface area contributed by atoms with Crippen molar-refractivity contribution in [2.45, 2.75) is 26.4 Å². The van der Waals surface area contributed by atoms with Gasteiger partial charge in [0.2, 0.25) is 0 Å². The minimum Gasteiger partial charge on any atom is -0.486 e. The smallest absolute Gasteiger partial charge is 0.408 e. The lowest BCUT2D eigenvalue weighted by molar-refractivity contribution is 0.0535. The summed E-state index contributed by atoms with van der Waals surface area (Å²) in [6.45, 7) is 6.78. The minimum absolute atomic E-state index is 0.226. The SMILES string of the molecule is CC(C)(C)OC(=O)NCC#Cc1ccc2c(c1)OCCO2. The molecule has 1 aromatic carbocycles. The van der Waals surface area contributed by atoms with E-state index in [0.717, 1.165) is 11.3 Å². The normalized spacial score (nSPS) is 12.9. The van der Waals surface area contributed by atoms with Crippen molar-refractivity contribution in [2.75, 3.05) is 19.8 Å². The van der Waals surface area contributed by atoms with Gasteiger partial charge in [-0.05, 0) is 39.0 Å². The topological polar surface area (TPSA) is 56.8 Å². The highest BCUT2D eigenvalue weighted by atomic mass is 16.6. The van der Waals surface area contributed by atoms with Crippen LogP contribution in [0.2, 0.25) is 0 Å². The Hall–Kier alpha value is -2.35. The van der Waals surface area contributed by atoms with Crippen molar-refractivity contribution < 1.29 is 19.0 Å². The van der Waals surface area contributed by atoms with Gasteiger partial charge in [0, 0.05) is 5.56 Å². The first-order valence-electron chi connectivity index (χ1n) is 6.79. The van der Waals surface area contributed by atoms with E-state index in [1.165, 1.54) is 0 Å². The Bertz CT molecular complexity index is 578. The predicted molar refractivity (Wildman–Crippen MR) is 78.5 cm³/mol. The van der Waals surface area contributed by atoms with Gasteiger partial charge in [0.05, 0.1) is 6.54 Å². The van der Waals surface area contributed by atoms with Crippen molar-refractivity contribution in [1.82, 2.24) is 5.32 Å². The Morgan fingerprint density at radius 3 is 2.71 bits per heavy atom. The molecule has 1 aromatic rings. The molecule has 1 heterocycles. The third-order valence-corrected chi connectivity index (χ3v) is 2.49. The van der Waals surface area contributed by atoms with Gasteiger partial charge < -0.3 is 19.5 Å². The molecule has 0 bridgehead atoms. The lowest BCUT2D eigenvalue weighted by Gasteiger charge is -2.19. The summed E-state index contributed by atoms with van der Waals surface area (Å²) in [6.07, 6.45) is -0.473. The largest absolute Gasteiger partial charge is 0.486 e. The third-order valence-electron chi connectivity index (χ3n) is 2.49. The molecule has 0 fully saturated rings. The molecule has 1 N–H and O–H groups in total. The first-order valence-corrected chi connectivity index (χ1v) is 6.79. The molecule has 0 atom stereocenters. The minimum atomic E-state index is -0.507. The zero-order valence-corrected chi connectivity index (χ0v) is 12.5. The van der Waals surface area contributed by atoms with Crippen molar-refractivity contribution in [3.8, 4) is 23.3 Å². The summed E-state index contributed by atoms with van der Waals surface area (Å²) in [5, 5.41) is 2.58. The van der Waals surface area contributed by atoms with Gasteiger partial charge in [0.25, 0.3) is 0 Å². The van der Waals surface area contributed by atoms with Gasteiger partial charge in [0.1, 0.15) is 18.8 Å². The molecule has 0 aromatic heterocycles. The second kappa shape index (κ2) is 6.40. The lowest BCUT2D eigenvalue weighted by atomic mass is 10.2. The van der Waals surface area contributed by atoms with Crippen molar-refractivity contribution in [3.05, 3.63) is 23.8 Å². The van der Waals surface area contributed by atoms with Crippen LogP contribution in [0, 0.1) is 11.8 Å². The molecule has 1 amide bonds. The molecular weight excluding hydrogens is 270 g/mol. The summed E-state index contributed by atoms with van der Waals surface area (Å²) in [5.74, 6) is 7.26. The number of carbonyl (C=O) groups excluding carboxylic acids is 1. The van der Waals surface area contributed by atoms with Crippen molar-refractivity contribution in [2.24, 2.45) is 0 Å². The van der Waals surface area contributed by atoms with Crippen molar-refractivity contribution in [3.63, 3.8) is 0 Å². The van der Waals surface area contributed by atoms with Gasteiger partial charge in [0.15, 0.2) is 11.5 Å². The van der Waals surface area contributed by atoms with E-state index in [9.17, 15) is 4.79 Å². The highest BCUT2D eigenvalue weighted by molar-refractivity contribution is 5.68. The molecule has 1 aliphatic heterocycles. The van der Waals surface area contributed by atoms with E-state index < -0.39 is 11.7 Å². The number of amides is 1. The van der Waals surface area contributed by atoms with Crippen molar-refractivity contribution >= 4 is 6.09 Å². The molecular formula is C16H19NO4. The van der Waals surface area contributed by atoms with Gasteiger partial charge in [-0.3, -0.25) is 0 Å². The average Bonchev–Trinajstić information content (AvgIpc) is 2.41. The van der Waals surface area contributed by atoms with Crippen LogP contribution in [0.5, 0.6) is 11.5 Å². The van der Waals surface area contributed by atoms with Gasteiger partial charge in [-0.25, -0.2) is 4.79 Å². The Balaban J connectivity index is 1.87. The molecule has 0 radical (unpaired) electrons.